The fourth-order valence-corrected chi connectivity index (χ4v) is 10.8. The number of allylic oxidation sites excluding steroid dienone is 6. The molecule has 1 aliphatic heterocycles. The topological polar surface area (TPSA) is 175 Å². The first-order chi connectivity index (χ1) is 40.6. The van der Waals surface area contributed by atoms with Gasteiger partial charge in [0.2, 0.25) is 0 Å². The summed E-state index contributed by atoms with van der Waals surface area (Å²) in [6.45, 7) is 6.04. The third-order valence-corrected chi connectivity index (χ3v) is 16.2. The molecule has 1 fully saturated rings. The van der Waals surface area contributed by atoms with Gasteiger partial charge < -0.3 is 39.0 Å². The zero-order valence-electron chi connectivity index (χ0n) is 53.7. The van der Waals surface area contributed by atoms with Gasteiger partial charge >= 0.3 is 23.9 Å². The van der Waals surface area contributed by atoms with Crippen molar-refractivity contribution in [1.29, 1.82) is 0 Å². The Labute approximate surface area is 508 Å². The minimum absolute atomic E-state index is 0.0499. The van der Waals surface area contributed by atoms with Crippen LogP contribution in [0, 0.1) is 0 Å². The molecule has 1 heterocycles. The van der Waals surface area contributed by atoms with Crippen molar-refractivity contribution in [3.63, 3.8) is 0 Å². The number of carbonyl (C=O) groups excluding carboxylic acids is 3. The van der Waals surface area contributed by atoms with Gasteiger partial charge in [-0.25, -0.2) is 4.79 Å². The number of carbonyl (C=O) groups is 4. The van der Waals surface area contributed by atoms with E-state index in [2.05, 4.69) is 57.2 Å². The Bertz CT molecular complexity index is 1580. The van der Waals surface area contributed by atoms with Gasteiger partial charge in [0.1, 0.15) is 18.8 Å². The lowest BCUT2D eigenvalue weighted by atomic mass is 9.98. The quantitative estimate of drug-likeness (QED) is 0.0228. The summed E-state index contributed by atoms with van der Waals surface area (Å²) in [5.41, 5.74) is 0. The van der Waals surface area contributed by atoms with Crippen LogP contribution in [-0.2, 0) is 42.9 Å². The van der Waals surface area contributed by atoms with Crippen molar-refractivity contribution in [2.24, 2.45) is 0 Å². The van der Waals surface area contributed by atoms with Gasteiger partial charge in [0.15, 0.2) is 24.6 Å². The van der Waals surface area contributed by atoms with E-state index < -0.39 is 67.3 Å². The molecule has 0 spiro atoms. The first kappa shape index (κ1) is 78.0. The van der Waals surface area contributed by atoms with Crippen LogP contribution in [0.1, 0.15) is 342 Å². The molecule has 0 saturated carbocycles. The maximum atomic E-state index is 13.2. The lowest BCUT2D eigenvalue weighted by Crippen LogP contribution is -2.61. The van der Waals surface area contributed by atoms with Gasteiger partial charge in [-0.1, -0.05) is 301 Å². The number of aliphatic hydroxyl groups excluding tert-OH is 2. The molecule has 1 aliphatic rings. The molecule has 484 valence electrons. The SMILES string of the molecule is CCCCC/C=C\C/C=C\C/C=C\CCCCCCCCC(=O)OC1C(OCC(COC(=O)CCCCCCCCCCCCCCCCCCCCC)OC(=O)CCCCCCCCCCCCCCCCC)OC(C(=O)O)C(O)C1O. The number of hydrogen-bond donors (Lipinski definition) is 3. The number of esters is 3. The monoisotopic (exact) mass is 1170 g/mol. The molecule has 0 aromatic carbocycles. The second-order valence-corrected chi connectivity index (χ2v) is 24.2. The molecule has 0 aromatic rings. The van der Waals surface area contributed by atoms with Crippen LogP contribution in [0.15, 0.2) is 36.5 Å². The molecule has 0 aromatic heterocycles. The average molecular weight is 1170 g/mol. The van der Waals surface area contributed by atoms with Crippen LogP contribution in [0.2, 0.25) is 0 Å². The lowest BCUT2D eigenvalue weighted by Gasteiger charge is -2.40. The van der Waals surface area contributed by atoms with Crippen molar-refractivity contribution in [2.75, 3.05) is 13.2 Å². The van der Waals surface area contributed by atoms with Crippen LogP contribution in [0.3, 0.4) is 0 Å². The minimum Gasteiger partial charge on any atom is -0.479 e. The van der Waals surface area contributed by atoms with Crippen molar-refractivity contribution in [3.05, 3.63) is 36.5 Å². The zero-order chi connectivity index (χ0) is 60.3. The third-order valence-electron chi connectivity index (χ3n) is 16.2. The predicted molar refractivity (Wildman–Crippen MR) is 340 cm³/mol. The Morgan fingerprint density at radius 3 is 1.12 bits per heavy atom. The van der Waals surface area contributed by atoms with E-state index in [1.165, 1.54) is 193 Å². The average Bonchev–Trinajstić information content (AvgIpc) is 3.60. The lowest BCUT2D eigenvalue weighted by molar-refractivity contribution is -0.301. The van der Waals surface area contributed by atoms with E-state index in [1.54, 1.807) is 0 Å². The summed E-state index contributed by atoms with van der Waals surface area (Å²) in [6.07, 6.45) is 59.5. The number of carboxylic acid groups (broad SMARTS) is 1. The van der Waals surface area contributed by atoms with Crippen molar-refractivity contribution in [3.8, 4) is 0 Å². The van der Waals surface area contributed by atoms with Crippen LogP contribution in [-0.4, -0.2) is 89.2 Å². The highest BCUT2D eigenvalue weighted by atomic mass is 16.7. The second kappa shape index (κ2) is 59.3. The highest BCUT2D eigenvalue weighted by Crippen LogP contribution is 2.27. The molecular weight excluding hydrogens is 1040 g/mol. The molecular formula is C71H128O12. The largest absolute Gasteiger partial charge is 0.479 e. The van der Waals surface area contributed by atoms with Crippen LogP contribution in [0.4, 0.5) is 0 Å². The van der Waals surface area contributed by atoms with Gasteiger partial charge in [0.25, 0.3) is 0 Å². The molecule has 1 saturated heterocycles. The fraction of sp³-hybridized carbons (Fsp3) is 0.859. The normalized spacial score (nSPS) is 17.7. The summed E-state index contributed by atoms with van der Waals surface area (Å²) >= 11 is 0. The highest BCUT2D eigenvalue weighted by Gasteiger charge is 2.50. The van der Waals surface area contributed by atoms with Gasteiger partial charge in [0, 0.05) is 19.3 Å². The first-order valence-corrected chi connectivity index (χ1v) is 35.0. The molecule has 0 aliphatic carbocycles. The predicted octanol–water partition coefficient (Wildman–Crippen LogP) is 19.1. The molecule has 0 amide bonds. The van der Waals surface area contributed by atoms with E-state index in [1.807, 2.05) is 0 Å². The molecule has 6 unspecified atom stereocenters. The molecule has 83 heavy (non-hydrogen) atoms. The third kappa shape index (κ3) is 48.7. The van der Waals surface area contributed by atoms with Crippen LogP contribution >= 0.6 is 0 Å². The summed E-state index contributed by atoms with van der Waals surface area (Å²) in [7, 11) is 0. The second-order valence-electron chi connectivity index (χ2n) is 24.2. The van der Waals surface area contributed by atoms with Gasteiger partial charge in [-0.2, -0.15) is 0 Å². The van der Waals surface area contributed by atoms with Crippen LogP contribution < -0.4 is 0 Å². The van der Waals surface area contributed by atoms with E-state index in [0.29, 0.717) is 19.3 Å². The van der Waals surface area contributed by atoms with E-state index in [9.17, 15) is 34.5 Å². The van der Waals surface area contributed by atoms with Gasteiger partial charge in [-0.05, 0) is 57.8 Å². The summed E-state index contributed by atoms with van der Waals surface area (Å²) in [6, 6.07) is 0. The summed E-state index contributed by atoms with van der Waals surface area (Å²) in [5.74, 6) is -3.09. The van der Waals surface area contributed by atoms with Gasteiger partial charge in [0.05, 0.1) is 6.61 Å². The molecule has 12 heteroatoms. The van der Waals surface area contributed by atoms with Crippen LogP contribution in [0.25, 0.3) is 0 Å². The van der Waals surface area contributed by atoms with Crippen LogP contribution in [0.5, 0.6) is 0 Å². The minimum atomic E-state index is -1.91. The van der Waals surface area contributed by atoms with Crippen molar-refractivity contribution < 1.29 is 58.2 Å². The van der Waals surface area contributed by atoms with Crippen molar-refractivity contribution in [1.82, 2.24) is 0 Å². The Kier molecular flexibility index (Phi) is 55.7. The molecule has 1 rings (SSSR count). The fourth-order valence-electron chi connectivity index (χ4n) is 10.8. The van der Waals surface area contributed by atoms with E-state index >= 15 is 0 Å². The van der Waals surface area contributed by atoms with Crippen molar-refractivity contribution >= 4 is 23.9 Å². The number of rotatable bonds is 61. The molecule has 12 nitrogen and oxygen atoms in total. The number of aliphatic carboxylic acids is 1. The summed E-state index contributed by atoms with van der Waals surface area (Å²) < 4.78 is 28.6. The molecule has 6 atom stereocenters. The van der Waals surface area contributed by atoms with E-state index in [0.717, 1.165) is 89.9 Å². The number of carboxylic acids is 1. The van der Waals surface area contributed by atoms with E-state index in [-0.39, 0.29) is 25.9 Å². The standard InChI is InChI=1S/C71H128O12/c1-4-7-10-13-16-19-22-25-28-30-32-34-37-39-42-45-48-51-54-57-63(72)79-60-62(81-64(73)58-55-52-49-46-43-40-36-27-24-21-18-15-12-9-6-3)61-80-71-69(67(76)66(75)68(83-71)70(77)78)82-65(74)59-56-53-50-47-44-41-38-35-33-31-29-26-23-20-17-14-11-8-5-2/h17,20,26,29,33,35,62,66-69,71,75-76H,4-16,18-19,21-25,27-28,30-32,34,36-61H2,1-3H3,(H,77,78)/b20-17-,29-26-,35-33-. The highest BCUT2D eigenvalue weighted by molar-refractivity contribution is 5.74. The summed E-state index contributed by atoms with van der Waals surface area (Å²) in [5, 5.41) is 31.6. The number of unbranched alkanes of at least 4 members (excludes halogenated alkanes) is 41. The number of ether oxygens (including phenoxy) is 5. The maximum absolute atomic E-state index is 13.2. The smallest absolute Gasteiger partial charge is 0.335 e. The summed E-state index contributed by atoms with van der Waals surface area (Å²) in [4.78, 5) is 51.4. The number of hydrogen-bond acceptors (Lipinski definition) is 11. The Morgan fingerprint density at radius 1 is 0.398 bits per heavy atom. The Balaban J connectivity index is 2.62. The first-order valence-electron chi connectivity index (χ1n) is 35.0. The molecule has 0 radical (unpaired) electrons. The van der Waals surface area contributed by atoms with Gasteiger partial charge in [-0.15, -0.1) is 0 Å². The zero-order valence-corrected chi connectivity index (χ0v) is 53.7. The molecule has 0 bridgehead atoms. The van der Waals surface area contributed by atoms with Gasteiger partial charge in [-0.3, -0.25) is 14.4 Å². The number of aliphatic hydroxyl groups is 2. The van der Waals surface area contributed by atoms with E-state index in [4.69, 9.17) is 23.7 Å². The maximum Gasteiger partial charge on any atom is 0.335 e. The Morgan fingerprint density at radius 2 is 0.723 bits per heavy atom. The Hall–Kier alpha value is -3.06. The van der Waals surface area contributed by atoms with Crippen molar-refractivity contribution in [2.45, 2.75) is 379 Å². The molecule has 3 N–H and O–H groups in total.